The summed E-state index contributed by atoms with van der Waals surface area (Å²) in [6.07, 6.45) is 1.63. The van der Waals surface area contributed by atoms with Gasteiger partial charge in [0.05, 0.1) is 12.2 Å². The molecule has 12 heavy (non-hydrogen) atoms. The highest BCUT2D eigenvalue weighted by Crippen LogP contribution is 2.40. The van der Waals surface area contributed by atoms with Crippen LogP contribution in [0, 0.1) is 0 Å². The van der Waals surface area contributed by atoms with Crippen LogP contribution in [0.25, 0.3) is 0 Å². The Morgan fingerprint density at radius 3 is 2.33 bits per heavy atom. The van der Waals surface area contributed by atoms with E-state index in [1.807, 2.05) is 0 Å². The smallest absolute Gasteiger partial charge is 0.270 e. The maximum Gasteiger partial charge on any atom is 0.270 e. The molecule has 0 spiro atoms. The van der Waals surface area contributed by atoms with Gasteiger partial charge in [0.25, 0.3) is 10.1 Å². The average molecular weight is 194 g/mol. The highest BCUT2D eigenvalue weighted by Gasteiger charge is 2.47. The summed E-state index contributed by atoms with van der Waals surface area (Å²) < 4.78 is 32.0. The molecular formula is C7H14O4S. The van der Waals surface area contributed by atoms with Gasteiger partial charge in [-0.15, -0.1) is 0 Å². The standard InChI is InChI=1S/C7H14O4S/c1-3-11-12(8,9)6-7(10-2)4-5-7/h3-6H2,1-2H3. The van der Waals surface area contributed by atoms with Crippen LogP contribution in [-0.4, -0.2) is 33.5 Å². The second kappa shape index (κ2) is 3.32. The Bertz CT molecular complexity index is 240. The van der Waals surface area contributed by atoms with Gasteiger partial charge >= 0.3 is 0 Å². The summed E-state index contributed by atoms with van der Waals surface area (Å²) in [5.41, 5.74) is -0.437. The first-order valence-corrected chi connectivity index (χ1v) is 5.53. The van der Waals surface area contributed by atoms with Gasteiger partial charge in [0.15, 0.2) is 0 Å². The molecule has 0 amide bonds. The predicted octanol–water partition coefficient (Wildman–Crippen LogP) is 0.532. The zero-order valence-corrected chi connectivity index (χ0v) is 8.19. The normalized spacial score (nSPS) is 20.8. The summed E-state index contributed by atoms with van der Waals surface area (Å²) in [6, 6.07) is 0. The van der Waals surface area contributed by atoms with E-state index in [0.29, 0.717) is 0 Å². The third kappa shape index (κ3) is 2.43. The van der Waals surface area contributed by atoms with Crippen LogP contribution >= 0.6 is 0 Å². The molecule has 0 radical (unpaired) electrons. The Morgan fingerprint density at radius 1 is 1.42 bits per heavy atom. The topological polar surface area (TPSA) is 52.6 Å². The second-order valence-electron chi connectivity index (χ2n) is 3.00. The van der Waals surface area contributed by atoms with Gasteiger partial charge in [-0.25, -0.2) is 0 Å². The Kier molecular flexibility index (Phi) is 2.75. The van der Waals surface area contributed by atoms with Crippen molar-refractivity contribution in [2.45, 2.75) is 25.4 Å². The lowest BCUT2D eigenvalue weighted by atomic mass is 10.4. The average Bonchev–Trinajstić information content (AvgIpc) is 2.68. The molecule has 0 saturated heterocycles. The number of methoxy groups -OCH3 is 1. The van der Waals surface area contributed by atoms with Gasteiger partial charge in [-0.1, -0.05) is 0 Å². The van der Waals surface area contributed by atoms with Crippen LogP contribution in [0.2, 0.25) is 0 Å². The van der Waals surface area contributed by atoms with E-state index in [4.69, 9.17) is 4.74 Å². The van der Waals surface area contributed by atoms with E-state index in [1.54, 1.807) is 6.92 Å². The maximum atomic E-state index is 11.1. The second-order valence-corrected chi connectivity index (χ2v) is 4.64. The largest absolute Gasteiger partial charge is 0.377 e. The van der Waals surface area contributed by atoms with Crippen molar-refractivity contribution in [2.24, 2.45) is 0 Å². The van der Waals surface area contributed by atoms with Crippen molar-refractivity contribution in [3.8, 4) is 0 Å². The van der Waals surface area contributed by atoms with Crippen LogP contribution in [-0.2, 0) is 19.0 Å². The molecule has 0 aromatic carbocycles. The van der Waals surface area contributed by atoms with Gasteiger partial charge in [-0.3, -0.25) is 4.18 Å². The lowest BCUT2D eigenvalue weighted by molar-refractivity contribution is 0.0970. The number of ether oxygens (including phenoxy) is 1. The minimum Gasteiger partial charge on any atom is -0.377 e. The maximum absolute atomic E-state index is 11.1. The van der Waals surface area contributed by atoms with Gasteiger partial charge < -0.3 is 4.74 Å². The molecule has 0 N–H and O–H groups in total. The van der Waals surface area contributed by atoms with E-state index < -0.39 is 15.7 Å². The third-order valence-corrected chi connectivity index (χ3v) is 3.45. The third-order valence-electron chi connectivity index (χ3n) is 1.98. The summed E-state index contributed by atoms with van der Waals surface area (Å²) in [5.74, 6) is -0.00958. The molecule has 0 aliphatic heterocycles. The van der Waals surface area contributed by atoms with Crippen LogP contribution in [0.1, 0.15) is 19.8 Å². The minimum absolute atomic E-state index is 0.00958. The molecule has 0 aromatic rings. The molecule has 4 nitrogen and oxygen atoms in total. The highest BCUT2D eigenvalue weighted by atomic mass is 32.2. The van der Waals surface area contributed by atoms with Gasteiger partial charge in [-0.05, 0) is 19.8 Å². The molecule has 0 unspecified atom stereocenters. The molecule has 0 aromatic heterocycles. The van der Waals surface area contributed by atoms with Gasteiger partial charge in [0.2, 0.25) is 0 Å². The Morgan fingerprint density at radius 2 is 2.00 bits per heavy atom. The van der Waals surface area contributed by atoms with E-state index in [1.165, 1.54) is 7.11 Å². The van der Waals surface area contributed by atoms with Gasteiger partial charge in [0.1, 0.15) is 5.75 Å². The zero-order valence-electron chi connectivity index (χ0n) is 7.37. The van der Waals surface area contributed by atoms with Gasteiger partial charge in [-0.2, -0.15) is 8.42 Å². The summed E-state index contributed by atoms with van der Waals surface area (Å²) in [5, 5.41) is 0. The summed E-state index contributed by atoms with van der Waals surface area (Å²) in [4.78, 5) is 0. The van der Waals surface area contributed by atoms with Crippen molar-refractivity contribution < 1.29 is 17.3 Å². The first kappa shape index (κ1) is 9.95. The molecule has 72 valence electrons. The van der Waals surface area contributed by atoms with Crippen LogP contribution in [0.15, 0.2) is 0 Å². The lowest BCUT2D eigenvalue weighted by Gasteiger charge is -2.12. The van der Waals surface area contributed by atoms with Crippen molar-refractivity contribution >= 4 is 10.1 Å². The van der Waals surface area contributed by atoms with Crippen LogP contribution < -0.4 is 0 Å². The molecule has 1 aliphatic carbocycles. The van der Waals surface area contributed by atoms with E-state index in [2.05, 4.69) is 4.18 Å². The first-order valence-electron chi connectivity index (χ1n) is 3.96. The van der Waals surface area contributed by atoms with Crippen molar-refractivity contribution in [1.29, 1.82) is 0 Å². The highest BCUT2D eigenvalue weighted by molar-refractivity contribution is 7.86. The van der Waals surface area contributed by atoms with Crippen molar-refractivity contribution in [3.63, 3.8) is 0 Å². The number of rotatable bonds is 5. The Balaban J connectivity index is 2.50. The monoisotopic (exact) mass is 194 g/mol. The fourth-order valence-corrected chi connectivity index (χ4v) is 2.58. The zero-order chi connectivity index (χ0) is 9.24. The van der Waals surface area contributed by atoms with Crippen molar-refractivity contribution in [2.75, 3.05) is 19.5 Å². The van der Waals surface area contributed by atoms with Gasteiger partial charge in [0, 0.05) is 7.11 Å². The van der Waals surface area contributed by atoms with E-state index >= 15 is 0 Å². The van der Waals surface area contributed by atoms with Crippen molar-refractivity contribution in [3.05, 3.63) is 0 Å². The molecule has 1 fully saturated rings. The molecule has 1 saturated carbocycles. The molecule has 0 heterocycles. The quantitative estimate of drug-likeness (QED) is 0.599. The summed E-state index contributed by atoms with van der Waals surface area (Å²) >= 11 is 0. The Labute approximate surface area is 73.0 Å². The lowest BCUT2D eigenvalue weighted by Crippen LogP contribution is -2.25. The van der Waals surface area contributed by atoms with E-state index in [0.717, 1.165) is 12.8 Å². The number of hydrogen-bond donors (Lipinski definition) is 0. The predicted molar refractivity (Wildman–Crippen MR) is 44.4 cm³/mol. The molecule has 0 atom stereocenters. The minimum atomic E-state index is -3.36. The fraction of sp³-hybridized carbons (Fsp3) is 1.00. The molecule has 5 heteroatoms. The SMILES string of the molecule is CCOS(=O)(=O)CC1(OC)CC1. The number of hydrogen-bond acceptors (Lipinski definition) is 4. The molecule has 1 aliphatic rings. The van der Waals surface area contributed by atoms with Crippen molar-refractivity contribution in [1.82, 2.24) is 0 Å². The summed E-state index contributed by atoms with van der Waals surface area (Å²) in [7, 11) is -1.83. The molecule has 0 bridgehead atoms. The summed E-state index contributed by atoms with van der Waals surface area (Å²) in [6.45, 7) is 1.85. The van der Waals surface area contributed by atoms with Crippen LogP contribution in [0.5, 0.6) is 0 Å². The molecule has 1 rings (SSSR count). The molecular weight excluding hydrogens is 180 g/mol. The van der Waals surface area contributed by atoms with Crippen LogP contribution in [0.4, 0.5) is 0 Å². The first-order chi connectivity index (χ1) is 5.54. The fourth-order valence-electron chi connectivity index (χ4n) is 1.09. The van der Waals surface area contributed by atoms with Crippen LogP contribution in [0.3, 0.4) is 0 Å². The van der Waals surface area contributed by atoms with E-state index in [-0.39, 0.29) is 12.4 Å². The van der Waals surface area contributed by atoms with E-state index in [9.17, 15) is 8.42 Å². The Hall–Kier alpha value is -0.130.